The molecule has 1 aromatic carbocycles. The zero-order valence-electron chi connectivity index (χ0n) is 9.95. The van der Waals surface area contributed by atoms with Crippen molar-refractivity contribution in [1.82, 2.24) is 10.2 Å². The van der Waals surface area contributed by atoms with Crippen molar-refractivity contribution in [1.29, 1.82) is 0 Å². The molecule has 16 heavy (non-hydrogen) atoms. The van der Waals surface area contributed by atoms with Crippen molar-refractivity contribution in [2.24, 2.45) is 0 Å². The van der Waals surface area contributed by atoms with Gasteiger partial charge in [0.25, 0.3) is 0 Å². The summed E-state index contributed by atoms with van der Waals surface area (Å²) in [5.41, 5.74) is 3.04. The highest BCUT2D eigenvalue weighted by Gasteiger charge is 2.34. The molecule has 2 unspecified atom stereocenters. The minimum atomic E-state index is 0.533. The van der Waals surface area contributed by atoms with E-state index in [0.717, 1.165) is 6.54 Å². The maximum atomic E-state index is 3.52. The SMILES string of the molecule is CNC1c2ccccc2CN2CCCCC12. The van der Waals surface area contributed by atoms with E-state index < -0.39 is 0 Å². The average molecular weight is 216 g/mol. The van der Waals surface area contributed by atoms with Crippen LogP contribution in [0.4, 0.5) is 0 Å². The number of fused-ring (bicyclic) bond motifs is 2. The number of hydrogen-bond donors (Lipinski definition) is 1. The Bertz CT molecular complexity index is 375. The molecule has 1 fully saturated rings. The van der Waals surface area contributed by atoms with Crippen molar-refractivity contribution in [3.63, 3.8) is 0 Å². The Morgan fingerprint density at radius 3 is 3.00 bits per heavy atom. The standard InChI is InChI=1S/C14H20N2/c1-15-14-12-7-3-2-6-11(12)10-16-9-5-4-8-13(14)16/h2-3,6-7,13-15H,4-5,8-10H2,1H3. The molecular weight excluding hydrogens is 196 g/mol. The molecule has 1 N–H and O–H groups in total. The van der Waals surface area contributed by atoms with Gasteiger partial charge in [0.2, 0.25) is 0 Å². The minimum absolute atomic E-state index is 0.533. The first-order valence-electron chi connectivity index (χ1n) is 6.39. The zero-order chi connectivity index (χ0) is 11.0. The van der Waals surface area contributed by atoms with Gasteiger partial charge in [0.15, 0.2) is 0 Å². The first-order chi connectivity index (χ1) is 7.90. The third-order valence-electron chi connectivity index (χ3n) is 4.12. The quantitative estimate of drug-likeness (QED) is 0.775. The second-order valence-corrected chi connectivity index (χ2v) is 5.00. The average Bonchev–Trinajstić information content (AvgIpc) is 2.36. The van der Waals surface area contributed by atoms with Crippen molar-refractivity contribution in [2.75, 3.05) is 13.6 Å². The summed E-state index contributed by atoms with van der Waals surface area (Å²) in [7, 11) is 2.10. The topological polar surface area (TPSA) is 15.3 Å². The van der Waals surface area contributed by atoms with Crippen LogP contribution in [0.5, 0.6) is 0 Å². The van der Waals surface area contributed by atoms with E-state index in [1.807, 2.05) is 0 Å². The fourth-order valence-electron chi connectivity index (χ4n) is 3.35. The number of likely N-dealkylation sites (N-methyl/N-ethyl adjacent to an activating group) is 1. The van der Waals surface area contributed by atoms with Crippen LogP contribution in [0.1, 0.15) is 36.4 Å². The van der Waals surface area contributed by atoms with Gasteiger partial charge in [-0.3, -0.25) is 4.90 Å². The molecule has 2 nitrogen and oxygen atoms in total. The lowest BCUT2D eigenvalue weighted by molar-refractivity contribution is 0.0945. The van der Waals surface area contributed by atoms with Gasteiger partial charge in [0, 0.05) is 18.6 Å². The van der Waals surface area contributed by atoms with Gasteiger partial charge in [0.05, 0.1) is 0 Å². The molecule has 3 rings (SSSR count). The van der Waals surface area contributed by atoms with E-state index in [9.17, 15) is 0 Å². The largest absolute Gasteiger partial charge is 0.312 e. The third kappa shape index (κ3) is 1.57. The van der Waals surface area contributed by atoms with E-state index in [1.165, 1.54) is 36.9 Å². The van der Waals surface area contributed by atoms with Crippen LogP contribution >= 0.6 is 0 Å². The molecule has 2 aliphatic rings. The fourth-order valence-corrected chi connectivity index (χ4v) is 3.35. The molecule has 0 aromatic heterocycles. The van der Waals surface area contributed by atoms with Gasteiger partial charge in [-0.1, -0.05) is 30.7 Å². The molecule has 2 atom stereocenters. The van der Waals surface area contributed by atoms with Gasteiger partial charge in [-0.25, -0.2) is 0 Å². The highest BCUT2D eigenvalue weighted by Crippen LogP contribution is 2.35. The minimum Gasteiger partial charge on any atom is -0.312 e. The highest BCUT2D eigenvalue weighted by molar-refractivity contribution is 5.33. The maximum absolute atomic E-state index is 3.52. The summed E-state index contributed by atoms with van der Waals surface area (Å²) < 4.78 is 0. The molecule has 0 radical (unpaired) electrons. The van der Waals surface area contributed by atoms with E-state index in [4.69, 9.17) is 0 Å². The number of piperidine rings is 1. The number of hydrogen-bond acceptors (Lipinski definition) is 2. The van der Waals surface area contributed by atoms with Crippen molar-refractivity contribution in [3.8, 4) is 0 Å². The molecule has 1 saturated heterocycles. The van der Waals surface area contributed by atoms with Crippen LogP contribution in [0.15, 0.2) is 24.3 Å². The van der Waals surface area contributed by atoms with E-state index in [2.05, 4.69) is 41.5 Å². The van der Waals surface area contributed by atoms with E-state index in [0.29, 0.717) is 12.1 Å². The molecule has 1 aromatic rings. The number of nitrogens with zero attached hydrogens (tertiary/aromatic N) is 1. The van der Waals surface area contributed by atoms with Crippen molar-refractivity contribution < 1.29 is 0 Å². The fraction of sp³-hybridized carbons (Fsp3) is 0.571. The Hall–Kier alpha value is -0.860. The Morgan fingerprint density at radius 1 is 1.25 bits per heavy atom. The summed E-state index contributed by atoms with van der Waals surface area (Å²) in [6.07, 6.45) is 4.11. The lowest BCUT2D eigenvalue weighted by atomic mass is 9.84. The van der Waals surface area contributed by atoms with Crippen LogP contribution in [0.25, 0.3) is 0 Å². The van der Waals surface area contributed by atoms with E-state index >= 15 is 0 Å². The predicted molar refractivity (Wildman–Crippen MR) is 66.3 cm³/mol. The zero-order valence-corrected chi connectivity index (χ0v) is 9.95. The highest BCUT2D eigenvalue weighted by atomic mass is 15.2. The lowest BCUT2D eigenvalue weighted by Crippen LogP contribution is -2.49. The molecular formula is C14H20N2. The monoisotopic (exact) mass is 216 g/mol. The third-order valence-corrected chi connectivity index (χ3v) is 4.12. The second kappa shape index (κ2) is 4.19. The lowest BCUT2D eigenvalue weighted by Gasteiger charge is -2.45. The summed E-state index contributed by atoms with van der Waals surface area (Å²) in [5.74, 6) is 0. The van der Waals surface area contributed by atoms with Crippen LogP contribution in [0, 0.1) is 0 Å². The van der Waals surface area contributed by atoms with Gasteiger partial charge >= 0.3 is 0 Å². The number of nitrogens with one attached hydrogen (secondary N) is 1. The first-order valence-corrected chi connectivity index (χ1v) is 6.39. The van der Waals surface area contributed by atoms with Crippen LogP contribution in [-0.4, -0.2) is 24.5 Å². The number of rotatable bonds is 1. The Balaban J connectivity index is 1.99. The Morgan fingerprint density at radius 2 is 2.12 bits per heavy atom. The van der Waals surface area contributed by atoms with E-state index in [-0.39, 0.29) is 0 Å². The molecule has 86 valence electrons. The van der Waals surface area contributed by atoms with Crippen LogP contribution in [-0.2, 0) is 6.54 Å². The van der Waals surface area contributed by atoms with Crippen molar-refractivity contribution in [2.45, 2.75) is 37.9 Å². The molecule has 0 aliphatic carbocycles. The Labute approximate surface area is 97.6 Å². The van der Waals surface area contributed by atoms with E-state index in [1.54, 1.807) is 0 Å². The van der Waals surface area contributed by atoms with Crippen LogP contribution in [0.3, 0.4) is 0 Å². The Kier molecular flexibility index (Phi) is 2.70. The normalized spacial score (nSPS) is 29.6. The summed E-state index contributed by atoms with van der Waals surface area (Å²) in [6, 6.07) is 10.2. The van der Waals surface area contributed by atoms with Crippen LogP contribution in [0.2, 0.25) is 0 Å². The van der Waals surface area contributed by atoms with Crippen molar-refractivity contribution in [3.05, 3.63) is 35.4 Å². The van der Waals surface area contributed by atoms with Gasteiger partial charge in [-0.2, -0.15) is 0 Å². The molecule has 0 spiro atoms. The van der Waals surface area contributed by atoms with Crippen LogP contribution < -0.4 is 5.32 Å². The molecule has 2 heteroatoms. The van der Waals surface area contributed by atoms with Gasteiger partial charge in [-0.15, -0.1) is 0 Å². The molecule has 0 saturated carbocycles. The summed E-state index contributed by atoms with van der Waals surface area (Å²) in [4.78, 5) is 2.66. The molecule has 2 heterocycles. The molecule has 2 aliphatic heterocycles. The maximum Gasteiger partial charge on any atom is 0.0479 e. The predicted octanol–water partition coefficient (Wildman–Crippen LogP) is 2.32. The summed E-state index contributed by atoms with van der Waals surface area (Å²) in [5, 5.41) is 3.52. The van der Waals surface area contributed by atoms with Gasteiger partial charge in [-0.05, 0) is 37.6 Å². The molecule has 0 amide bonds. The van der Waals surface area contributed by atoms with Gasteiger partial charge < -0.3 is 5.32 Å². The first kappa shape index (κ1) is 10.3. The smallest absolute Gasteiger partial charge is 0.0479 e. The summed E-state index contributed by atoms with van der Waals surface area (Å²) >= 11 is 0. The number of benzene rings is 1. The second-order valence-electron chi connectivity index (χ2n) is 5.00. The molecule has 0 bridgehead atoms. The summed E-state index contributed by atoms with van der Waals surface area (Å²) in [6.45, 7) is 2.43. The van der Waals surface area contributed by atoms with Crippen molar-refractivity contribution >= 4 is 0 Å². The van der Waals surface area contributed by atoms with Gasteiger partial charge in [0.1, 0.15) is 0 Å².